The molecule has 282 valence electrons. The van der Waals surface area contributed by atoms with Gasteiger partial charge in [0.15, 0.2) is 5.78 Å². The molecule has 3 aliphatic carbocycles. The minimum Gasteiger partial charge on any atom is -0.494 e. The van der Waals surface area contributed by atoms with E-state index in [0.29, 0.717) is 23.3 Å². The van der Waals surface area contributed by atoms with Crippen molar-refractivity contribution in [3.8, 4) is 11.5 Å². The lowest BCUT2D eigenvalue weighted by Crippen LogP contribution is -2.70. The number of rotatable bonds is 8. The van der Waals surface area contributed by atoms with E-state index in [1.807, 2.05) is 49.4 Å². The van der Waals surface area contributed by atoms with Crippen LogP contribution in [0, 0.1) is 17.8 Å². The van der Waals surface area contributed by atoms with E-state index in [9.17, 15) is 19.5 Å². The number of hydrogen-bond donors (Lipinski definition) is 2. The first kappa shape index (κ1) is 36.9. The van der Waals surface area contributed by atoms with Crippen LogP contribution in [-0.4, -0.2) is 71.3 Å². The fraction of sp³-hybridized carbons (Fsp3) is 0.488. The number of aliphatic hydroxyl groups is 1. The van der Waals surface area contributed by atoms with Crippen molar-refractivity contribution in [3.05, 3.63) is 89.5 Å². The number of carbonyl (C=O) groups excluding carboxylic acids is 3. The molecule has 3 fully saturated rings. The summed E-state index contributed by atoms with van der Waals surface area (Å²) in [4.78, 5) is 39.3. The molecule has 53 heavy (non-hydrogen) atoms. The molecular weight excluding hydrogens is 682 g/mol. The van der Waals surface area contributed by atoms with E-state index in [-0.39, 0.29) is 36.9 Å². The Morgan fingerprint density at radius 2 is 1.83 bits per heavy atom. The summed E-state index contributed by atoms with van der Waals surface area (Å²) in [6, 6.07) is 14.2. The Morgan fingerprint density at radius 1 is 1.09 bits per heavy atom. The first-order valence-corrected chi connectivity index (χ1v) is 17.9. The number of benzene rings is 2. The largest absolute Gasteiger partial charge is 0.514 e. The fourth-order valence-corrected chi connectivity index (χ4v) is 9.02. The zero-order chi connectivity index (χ0) is 38.1. The summed E-state index contributed by atoms with van der Waals surface area (Å²) in [5.74, 6) is -3.02. The Kier molecular flexibility index (Phi) is 8.92. The van der Waals surface area contributed by atoms with Crippen LogP contribution in [0.15, 0.2) is 84.0 Å². The van der Waals surface area contributed by atoms with Crippen LogP contribution in [0.2, 0.25) is 0 Å². The molecule has 2 aromatic carbocycles. The quantitative estimate of drug-likeness (QED) is 0.168. The maximum Gasteiger partial charge on any atom is 0.514 e. The average Bonchev–Trinajstić information content (AvgIpc) is 3.39. The van der Waals surface area contributed by atoms with E-state index >= 15 is 0 Å². The molecule has 7 rings (SSSR count). The zero-order valence-electron chi connectivity index (χ0n) is 31.1. The minimum atomic E-state index is -1.87. The molecule has 12 heteroatoms. The van der Waals surface area contributed by atoms with E-state index in [1.54, 1.807) is 27.7 Å². The fourth-order valence-electron chi connectivity index (χ4n) is 9.02. The lowest BCUT2D eigenvalue weighted by Gasteiger charge is -2.59. The monoisotopic (exact) mass is 729 g/mol. The summed E-state index contributed by atoms with van der Waals surface area (Å²) < 4.78 is 42.7. The maximum atomic E-state index is 13.9. The molecule has 1 amide bonds. The summed E-state index contributed by atoms with van der Waals surface area (Å²) in [6.45, 7) is 15.0. The van der Waals surface area contributed by atoms with E-state index in [1.165, 1.54) is 25.3 Å². The van der Waals surface area contributed by atoms with Gasteiger partial charge in [0.1, 0.15) is 41.0 Å². The van der Waals surface area contributed by atoms with Crippen molar-refractivity contribution in [1.82, 2.24) is 0 Å². The molecule has 2 saturated heterocycles. The van der Waals surface area contributed by atoms with Crippen molar-refractivity contribution in [1.29, 1.82) is 0 Å². The van der Waals surface area contributed by atoms with Crippen molar-refractivity contribution in [2.24, 2.45) is 17.8 Å². The van der Waals surface area contributed by atoms with Crippen LogP contribution >= 0.6 is 0 Å². The normalized spacial score (nSPS) is 33.8. The molecule has 8 atom stereocenters. The molecule has 2 aliphatic heterocycles. The van der Waals surface area contributed by atoms with Crippen LogP contribution in [-0.2, 0) is 34.9 Å². The predicted octanol–water partition coefficient (Wildman–Crippen LogP) is 6.82. The molecular formula is C41H47NO11. The molecule has 12 nitrogen and oxygen atoms in total. The molecule has 0 spiro atoms. The Hall–Kier alpha value is -4.49. The third-order valence-corrected chi connectivity index (χ3v) is 11.1. The van der Waals surface area contributed by atoms with Gasteiger partial charge in [0.05, 0.1) is 24.8 Å². The minimum absolute atomic E-state index is 0.0931. The van der Waals surface area contributed by atoms with Gasteiger partial charge in [-0.15, -0.1) is 0 Å². The van der Waals surface area contributed by atoms with E-state index in [2.05, 4.69) is 18.8 Å². The number of ketones is 1. The van der Waals surface area contributed by atoms with Crippen LogP contribution in [0.4, 0.5) is 15.3 Å². The highest BCUT2D eigenvalue weighted by atomic mass is 16.9. The number of methoxy groups -OCH3 is 1. The summed E-state index contributed by atoms with van der Waals surface area (Å²) in [5.41, 5.74) is -1.60. The third kappa shape index (κ3) is 6.15. The number of nitrogens with one attached hydrogen (secondary N) is 1. The molecule has 5 aliphatic rings. The molecule has 1 saturated carbocycles. The maximum absolute atomic E-state index is 13.9. The lowest BCUT2D eigenvalue weighted by molar-refractivity contribution is -0.421. The standard InChI is InChI=1S/C41H47NO11/c1-23(2)39-19-25(4)41-29(34(39)50-40(52-39,53-41)21-26-12-10-9-11-13-26)17-27(20-38(46)32(41)16-24(3)33(38)43)22-48-36(45)49-28-14-15-30(31(18-28)47-8)42-35(44)51-37(5,6)7/h9-18,25,29,32,34,46H,1,19-22H2,2-8H3,(H,42,44)/t25-,29+,32-,34?,38-,39-,40?,41?/m1/s1. The predicted molar refractivity (Wildman–Crippen MR) is 192 cm³/mol. The van der Waals surface area contributed by atoms with Crippen LogP contribution in [0.3, 0.4) is 0 Å². The molecule has 0 aromatic heterocycles. The Bertz CT molecular complexity index is 1920. The van der Waals surface area contributed by atoms with Gasteiger partial charge in [0, 0.05) is 24.3 Å². The molecule has 2 heterocycles. The first-order chi connectivity index (χ1) is 24.9. The van der Waals surface area contributed by atoms with Gasteiger partial charge in [-0.05, 0) is 81.4 Å². The molecule has 2 aromatic rings. The number of anilines is 1. The van der Waals surface area contributed by atoms with E-state index in [4.69, 9.17) is 33.2 Å². The number of Topliss-reactive ketones (excluding diaryl/α,β-unsaturated/α-hetero) is 1. The van der Waals surface area contributed by atoms with Gasteiger partial charge in [-0.1, -0.05) is 56.0 Å². The SMILES string of the molecule is C=C(C)[C@]12C[C@@H](C)C34OC(Cc5ccccc5)(OC1[C@@H]3C=C(COC(=O)Oc1ccc(NC(=O)OC(C)(C)C)c(OC)c1)C[C@]1(O)C(=O)C(C)=C[C@@H]41)O2. The number of hydrogen-bond acceptors (Lipinski definition) is 11. The van der Waals surface area contributed by atoms with Crippen molar-refractivity contribution >= 4 is 23.7 Å². The second-order valence-corrected chi connectivity index (χ2v) is 16.0. The number of ether oxygens (including phenoxy) is 7. The molecule has 3 bridgehead atoms. The molecule has 0 radical (unpaired) electrons. The summed E-state index contributed by atoms with van der Waals surface area (Å²) in [7, 11) is 1.41. The van der Waals surface area contributed by atoms with Gasteiger partial charge in [-0.25, -0.2) is 9.59 Å². The highest BCUT2D eigenvalue weighted by Crippen LogP contribution is 2.68. The second kappa shape index (κ2) is 12.8. The Balaban J connectivity index is 1.17. The third-order valence-electron chi connectivity index (χ3n) is 11.1. The number of amides is 1. The highest BCUT2D eigenvalue weighted by Gasteiger charge is 2.79. The highest BCUT2D eigenvalue weighted by molar-refractivity contribution is 6.05. The lowest BCUT2D eigenvalue weighted by atomic mass is 9.55. The number of fused-ring (bicyclic) bond motifs is 2. The van der Waals surface area contributed by atoms with E-state index in [0.717, 1.165) is 11.1 Å². The van der Waals surface area contributed by atoms with Gasteiger partial charge in [-0.3, -0.25) is 10.1 Å². The van der Waals surface area contributed by atoms with Gasteiger partial charge in [0.2, 0.25) is 0 Å². The average molecular weight is 730 g/mol. The van der Waals surface area contributed by atoms with Crippen LogP contribution < -0.4 is 14.8 Å². The van der Waals surface area contributed by atoms with Crippen LogP contribution in [0.25, 0.3) is 0 Å². The van der Waals surface area contributed by atoms with Gasteiger partial charge < -0.3 is 38.3 Å². The Morgan fingerprint density at radius 3 is 2.51 bits per heavy atom. The molecule has 2 N–H and O–H groups in total. The summed E-state index contributed by atoms with van der Waals surface area (Å²) >= 11 is 0. The van der Waals surface area contributed by atoms with Gasteiger partial charge in [-0.2, -0.15) is 0 Å². The topological polar surface area (TPSA) is 148 Å². The summed E-state index contributed by atoms with van der Waals surface area (Å²) in [6.07, 6.45) is 2.21. The van der Waals surface area contributed by atoms with Crippen molar-refractivity contribution in [3.63, 3.8) is 0 Å². The zero-order valence-corrected chi connectivity index (χ0v) is 31.1. The van der Waals surface area contributed by atoms with Gasteiger partial charge >= 0.3 is 12.2 Å². The summed E-state index contributed by atoms with van der Waals surface area (Å²) in [5, 5.41) is 15.1. The first-order valence-electron chi connectivity index (χ1n) is 17.9. The second-order valence-electron chi connectivity index (χ2n) is 16.0. The van der Waals surface area contributed by atoms with E-state index < -0.39 is 64.3 Å². The van der Waals surface area contributed by atoms with Crippen LogP contribution in [0.1, 0.15) is 59.9 Å². The smallest absolute Gasteiger partial charge is 0.494 e. The van der Waals surface area contributed by atoms with Crippen molar-refractivity contribution in [2.75, 3.05) is 19.0 Å². The van der Waals surface area contributed by atoms with Crippen molar-refractivity contribution in [2.45, 2.75) is 95.3 Å². The Labute approximate surface area is 309 Å². The van der Waals surface area contributed by atoms with Crippen molar-refractivity contribution < 1.29 is 52.6 Å². The number of carbonyl (C=O) groups is 3. The van der Waals surface area contributed by atoms with Gasteiger partial charge in [0.25, 0.3) is 5.97 Å². The molecule has 3 unspecified atom stereocenters. The van der Waals surface area contributed by atoms with Crippen LogP contribution in [0.5, 0.6) is 11.5 Å².